The molecule has 2 aliphatic heterocycles. The molecule has 0 aliphatic carbocycles. The molecule has 134 valence electrons. The molecule has 4 heteroatoms. The van der Waals surface area contributed by atoms with Gasteiger partial charge in [0, 0.05) is 35.3 Å². The van der Waals surface area contributed by atoms with Crippen molar-refractivity contribution in [2.24, 2.45) is 0 Å². The van der Waals surface area contributed by atoms with Crippen molar-refractivity contribution in [3.05, 3.63) is 51.7 Å². The molecule has 1 aromatic heterocycles. The molecule has 2 aromatic rings. The normalized spacial score (nSPS) is 19.7. The van der Waals surface area contributed by atoms with E-state index in [0.29, 0.717) is 0 Å². The molecule has 0 amide bonds. The average Bonchev–Trinajstić information content (AvgIpc) is 3.09. The lowest BCUT2D eigenvalue weighted by Crippen LogP contribution is -2.46. The smallest absolute Gasteiger partial charge is 0.135 e. The third-order valence-electron chi connectivity index (χ3n) is 5.66. The third-order valence-corrected chi connectivity index (χ3v) is 6.69. The van der Waals surface area contributed by atoms with Gasteiger partial charge < -0.3 is 14.4 Å². The van der Waals surface area contributed by atoms with Gasteiger partial charge in [0.05, 0.1) is 13.7 Å². The zero-order valence-electron chi connectivity index (χ0n) is 15.0. The van der Waals surface area contributed by atoms with Crippen molar-refractivity contribution in [1.82, 2.24) is 4.90 Å². The highest BCUT2D eigenvalue weighted by Gasteiger charge is 2.43. The third kappa shape index (κ3) is 3.48. The molecule has 0 atom stereocenters. The van der Waals surface area contributed by atoms with Crippen molar-refractivity contribution in [2.45, 2.75) is 37.7 Å². The van der Waals surface area contributed by atoms with E-state index < -0.39 is 0 Å². The van der Waals surface area contributed by atoms with E-state index in [4.69, 9.17) is 9.47 Å². The summed E-state index contributed by atoms with van der Waals surface area (Å²) in [4.78, 5) is 4.07. The van der Waals surface area contributed by atoms with Crippen LogP contribution < -0.4 is 4.74 Å². The van der Waals surface area contributed by atoms with Gasteiger partial charge in [0.15, 0.2) is 0 Å². The fourth-order valence-corrected chi connectivity index (χ4v) is 5.36. The lowest BCUT2D eigenvalue weighted by Gasteiger charge is -2.44. The zero-order valence-corrected chi connectivity index (χ0v) is 15.8. The van der Waals surface area contributed by atoms with Gasteiger partial charge >= 0.3 is 0 Å². The maximum Gasteiger partial charge on any atom is 0.135 e. The van der Waals surface area contributed by atoms with Crippen LogP contribution in [0, 0.1) is 0 Å². The minimum Gasteiger partial charge on any atom is -0.495 e. The van der Waals surface area contributed by atoms with E-state index in [-0.39, 0.29) is 5.60 Å². The van der Waals surface area contributed by atoms with Crippen LogP contribution >= 0.6 is 11.3 Å². The molecule has 1 saturated heterocycles. The number of thiophene rings is 1. The summed E-state index contributed by atoms with van der Waals surface area (Å²) >= 11 is 1.84. The number of likely N-dealkylation sites (tertiary alicyclic amines) is 1. The number of aryl methyl sites for hydroxylation is 1. The Morgan fingerprint density at radius 1 is 1.20 bits per heavy atom. The summed E-state index contributed by atoms with van der Waals surface area (Å²) in [5.41, 5.74) is 2.70. The lowest BCUT2D eigenvalue weighted by molar-refractivity contribution is -0.0981. The van der Waals surface area contributed by atoms with Crippen LogP contribution in [-0.4, -0.2) is 38.3 Å². The first-order valence-electron chi connectivity index (χ1n) is 9.36. The van der Waals surface area contributed by atoms with Gasteiger partial charge in [0.25, 0.3) is 0 Å². The fraction of sp³-hybridized carbons (Fsp3) is 0.524. The zero-order chi connectivity index (χ0) is 17.1. The van der Waals surface area contributed by atoms with Crippen LogP contribution in [0.5, 0.6) is 5.75 Å². The summed E-state index contributed by atoms with van der Waals surface area (Å²) in [5, 5.41) is 2.16. The highest BCUT2D eigenvalue weighted by Crippen LogP contribution is 2.48. The first-order chi connectivity index (χ1) is 12.3. The molecule has 2 aliphatic rings. The Bertz CT molecular complexity index is 676. The Balaban J connectivity index is 1.35. The summed E-state index contributed by atoms with van der Waals surface area (Å²) in [7, 11) is 1.78. The van der Waals surface area contributed by atoms with Gasteiger partial charge in [0.2, 0.25) is 0 Å². The monoisotopic (exact) mass is 357 g/mol. The maximum atomic E-state index is 6.36. The fourth-order valence-electron chi connectivity index (χ4n) is 4.29. The van der Waals surface area contributed by atoms with E-state index in [1.807, 2.05) is 11.3 Å². The summed E-state index contributed by atoms with van der Waals surface area (Å²) in [5.74, 6) is 1.04. The first kappa shape index (κ1) is 17.1. The number of benzene rings is 1. The molecule has 4 rings (SSSR count). The molecular formula is C21H27NO2S. The second kappa shape index (κ2) is 7.48. The van der Waals surface area contributed by atoms with Gasteiger partial charge in [-0.3, -0.25) is 0 Å². The van der Waals surface area contributed by atoms with E-state index in [1.165, 1.54) is 35.4 Å². The maximum absolute atomic E-state index is 6.36. The van der Waals surface area contributed by atoms with Crippen LogP contribution in [0.15, 0.2) is 35.7 Å². The van der Waals surface area contributed by atoms with Crippen molar-refractivity contribution in [2.75, 3.05) is 33.4 Å². The average molecular weight is 358 g/mol. The molecule has 0 bridgehead atoms. The van der Waals surface area contributed by atoms with E-state index >= 15 is 0 Å². The molecular weight excluding hydrogens is 330 g/mol. The van der Waals surface area contributed by atoms with Gasteiger partial charge in [-0.25, -0.2) is 0 Å². The number of piperidine rings is 1. The first-order valence-corrected chi connectivity index (χ1v) is 10.2. The Labute approximate surface area is 154 Å². The van der Waals surface area contributed by atoms with Gasteiger partial charge in [-0.15, -0.1) is 11.3 Å². The Hall–Kier alpha value is -1.36. The Kier molecular flexibility index (Phi) is 5.11. The molecule has 0 unspecified atom stereocenters. The summed E-state index contributed by atoms with van der Waals surface area (Å²) < 4.78 is 12.0. The van der Waals surface area contributed by atoms with Crippen LogP contribution in [0.25, 0.3) is 0 Å². The van der Waals surface area contributed by atoms with Gasteiger partial charge in [-0.05, 0) is 37.8 Å². The molecule has 0 radical (unpaired) electrons. The Morgan fingerprint density at radius 2 is 2.00 bits per heavy atom. The number of nitrogens with zero attached hydrogens (tertiary/aromatic N) is 1. The number of hydrogen-bond acceptors (Lipinski definition) is 4. The highest BCUT2D eigenvalue weighted by molar-refractivity contribution is 7.10. The number of fused-ring (bicyclic) bond motifs is 2. The quantitative estimate of drug-likeness (QED) is 0.798. The number of methoxy groups -OCH3 is 1. The molecule has 0 saturated carbocycles. The van der Waals surface area contributed by atoms with Crippen molar-refractivity contribution < 1.29 is 9.47 Å². The van der Waals surface area contributed by atoms with Crippen LogP contribution in [0.3, 0.4) is 0 Å². The van der Waals surface area contributed by atoms with Crippen LogP contribution in [-0.2, 0) is 23.2 Å². The van der Waals surface area contributed by atoms with Crippen molar-refractivity contribution >= 4 is 11.3 Å². The summed E-state index contributed by atoms with van der Waals surface area (Å²) in [6, 6.07) is 10.8. The van der Waals surface area contributed by atoms with Crippen molar-refractivity contribution in [3.8, 4) is 5.75 Å². The number of ether oxygens (including phenoxy) is 2. The molecule has 0 N–H and O–H groups in total. The SMILES string of the molecule is COc1csc2c1C1(CCN(CCCc3ccccc3)CC1)OCC2. The van der Waals surface area contributed by atoms with Gasteiger partial charge in [0.1, 0.15) is 11.4 Å². The Morgan fingerprint density at radius 3 is 2.76 bits per heavy atom. The van der Waals surface area contributed by atoms with Crippen LogP contribution in [0.4, 0.5) is 0 Å². The predicted octanol–water partition coefficient (Wildman–Crippen LogP) is 4.25. The number of hydrogen-bond donors (Lipinski definition) is 0. The van der Waals surface area contributed by atoms with Gasteiger partial charge in [-0.2, -0.15) is 0 Å². The second-order valence-electron chi connectivity index (χ2n) is 7.13. The molecule has 1 spiro atoms. The predicted molar refractivity (Wildman–Crippen MR) is 103 cm³/mol. The lowest BCUT2D eigenvalue weighted by atomic mass is 9.82. The second-order valence-corrected chi connectivity index (χ2v) is 8.09. The molecule has 3 nitrogen and oxygen atoms in total. The summed E-state index contributed by atoms with van der Waals surface area (Å²) in [6.45, 7) is 4.27. The molecule has 1 fully saturated rings. The highest BCUT2D eigenvalue weighted by atomic mass is 32.1. The minimum absolute atomic E-state index is 0.102. The minimum atomic E-state index is -0.102. The standard InChI is InChI=1S/C21H27NO2S/c1-23-18-16-25-19-9-15-24-21(20(18)19)10-13-22(14-11-21)12-5-8-17-6-3-2-4-7-17/h2-4,6-7,16H,5,8-15H2,1H3. The van der Waals surface area contributed by atoms with E-state index in [1.54, 1.807) is 7.11 Å². The van der Waals surface area contributed by atoms with Crippen LogP contribution in [0.2, 0.25) is 0 Å². The van der Waals surface area contributed by atoms with E-state index in [9.17, 15) is 0 Å². The molecule has 1 aromatic carbocycles. The summed E-state index contributed by atoms with van der Waals surface area (Å²) in [6.07, 6.45) is 5.59. The molecule has 25 heavy (non-hydrogen) atoms. The van der Waals surface area contributed by atoms with E-state index in [2.05, 4.69) is 40.6 Å². The number of rotatable bonds is 5. The molecule has 3 heterocycles. The van der Waals surface area contributed by atoms with Gasteiger partial charge in [-0.1, -0.05) is 30.3 Å². The van der Waals surface area contributed by atoms with E-state index in [0.717, 1.165) is 44.7 Å². The van der Waals surface area contributed by atoms with Crippen molar-refractivity contribution in [1.29, 1.82) is 0 Å². The topological polar surface area (TPSA) is 21.7 Å². The van der Waals surface area contributed by atoms with Crippen LogP contribution in [0.1, 0.15) is 35.3 Å². The van der Waals surface area contributed by atoms with Crippen molar-refractivity contribution in [3.63, 3.8) is 0 Å². The largest absolute Gasteiger partial charge is 0.495 e.